The lowest BCUT2D eigenvalue weighted by atomic mass is 10.0. The van der Waals surface area contributed by atoms with Gasteiger partial charge in [-0.3, -0.25) is 4.90 Å². The van der Waals surface area contributed by atoms with Crippen molar-refractivity contribution in [2.75, 3.05) is 25.5 Å². The Kier molecular flexibility index (Phi) is 5.83. The number of ether oxygens (including phenoxy) is 1. The van der Waals surface area contributed by atoms with Crippen molar-refractivity contribution in [3.63, 3.8) is 0 Å². The molecule has 1 N–H and O–H groups in total. The molecule has 1 aromatic rings. The normalized spacial score (nSPS) is 14.9. The summed E-state index contributed by atoms with van der Waals surface area (Å²) in [7, 11) is 1.34. The highest BCUT2D eigenvalue weighted by Gasteiger charge is 2.36. The number of esters is 1. The first kappa shape index (κ1) is 18.3. The Hall–Kier alpha value is -2.08. The first-order chi connectivity index (χ1) is 11.3. The molecule has 0 aromatic heterocycles. The third kappa shape index (κ3) is 4.06. The van der Waals surface area contributed by atoms with Crippen molar-refractivity contribution in [1.82, 2.24) is 9.80 Å². The van der Waals surface area contributed by atoms with Crippen LogP contribution in [0.5, 0.6) is 0 Å². The molecule has 0 atom stereocenters. The maximum absolute atomic E-state index is 12.3. The molecule has 0 bridgehead atoms. The van der Waals surface area contributed by atoms with E-state index in [1.54, 1.807) is 29.2 Å². The van der Waals surface area contributed by atoms with Crippen LogP contribution >= 0.6 is 0 Å². The summed E-state index contributed by atoms with van der Waals surface area (Å²) in [6.07, 6.45) is 0. The minimum Gasteiger partial charge on any atom is -0.465 e. The summed E-state index contributed by atoms with van der Waals surface area (Å²) in [4.78, 5) is 28.1. The van der Waals surface area contributed by atoms with Crippen LogP contribution in [0.25, 0.3) is 0 Å². The number of amides is 2. The van der Waals surface area contributed by atoms with Gasteiger partial charge in [-0.25, -0.2) is 9.59 Å². The van der Waals surface area contributed by atoms with E-state index in [9.17, 15) is 9.59 Å². The van der Waals surface area contributed by atoms with Gasteiger partial charge in [0.05, 0.1) is 12.7 Å². The number of rotatable bonds is 5. The summed E-state index contributed by atoms with van der Waals surface area (Å²) in [6.45, 7) is 10.2. The number of benzene rings is 1. The summed E-state index contributed by atoms with van der Waals surface area (Å²) < 4.78 is 4.69. The fourth-order valence-corrected chi connectivity index (χ4v) is 3.29. The molecule has 0 spiro atoms. The zero-order valence-corrected chi connectivity index (χ0v) is 15.1. The van der Waals surface area contributed by atoms with E-state index < -0.39 is 5.97 Å². The maximum Gasteiger partial charge on any atom is 0.337 e. The summed E-state index contributed by atoms with van der Waals surface area (Å²) in [5.74, 6) is -0.417. The average Bonchev–Trinajstić information content (AvgIpc) is 2.48. The number of anilines is 1. The number of urea groups is 1. The first-order valence-electron chi connectivity index (χ1n) is 8.35. The molecule has 0 unspecified atom stereocenters. The Bertz CT molecular complexity index is 587. The molecule has 0 saturated carbocycles. The highest BCUT2D eigenvalue weighted by atomic mass is 16.5. The lowest BCUT2D eigenvalue weighted by molar-refractivity contribution is 0.0202. The van der Waals surface area contributed by atoms with Crippen LogP contribution in [-0.2, 0) is 4.74 Å². The average molecular weight is 333 g/mol. The van der Waals surface area contributed by atoms with Gasteiger partial charge < -0.3 is 15.0 Å². The van der Waals surface area contributed by atoms with Crippen molar-refractivity contribution in [3.05, 3.63) is 29.8 Å². The SMILES string of the molecule is COC(=O)c1cccc(NC(=O)N2CC(N(C(C)C)C(C)C)C2)c1. The molecule has 2 rings (SSSR count). The third-order valence-corrected chi connectivity index (χ3v) is 4.30. The number of carbonyl (C=O) groups excluding carboxylic acids is 2. The van der Waals surface area contributed by atoms with E-state index in [4.69, 9.17) is 4.74 Å². The zero-order chi connectivity index (χ0) is 17.9. The molecule has 132 valence electrons. The summed E-state index contributed by atoms with van der Waals surface area (Å²) in [5.41, 5.74) is 1.01. The van der Waals surface area contributed by atoms with Gasteiger partial charge in [-0.05, 0) is 45.9 Å². The molecule has 0 radical (unpaired) electrons. The van der Waals surface area contributed by atoms with Gasteiger partial charge in [0.2, 0.25) is 0 Å². The van der Waals surface area contributed by atoms with Crippen molar-refractivity contribution < 1.29 is 14.3 Å². The number of methoxy groups -OCH3 is 1. The Morgan fingerprint density at radius 3 is 2.38 bits per heavy atom. The van der Waals surface area contributed by atoms with Gasteiger partial charge in [0, 0.05) is 36.9 Å². The van der Waals surface area contributed by atoms with Crippen LogP contribution in [0.15, 0.2) is 24.3 Å². The third-order valence-electron chi connectivity index (χ3n) is 4.30. The number of nitrogens with zero attached hydrogens (tertiary/aromatic N) is 2. The van der Waals surface area contributed by atoms with Gasteiger partial charge in [-0.1, -0.05) is 6.07 Å². The van der Waals surface area contributed by atoms with E-state index in [-0.39, 0.29) is 6.03 Å². The molecule has 6 heteroatoms. The molecule has 2 amide bonds. The fourth-order valence-electron chi connectivity index (χ4n) is 3.29. The standard InChI is InChI=1S/C18H27N3O3/c1-12(2)21(13(3)4)16-10-20(11-16)18(23)19-15-8-6-7-14(9-15)17(22)24-5/h6-9,12-13,16H,10-11H2,1-5H3,(H,19,23). The van der Waals surface area contributed by atoms with Crippen LogP contribution in [0, 0.1) is 0 Å². The zero-order valence-electron chi connectivity index (χ0n) is 15.1. The predicted octanol–water partition coefficient (Wildman–Crippen LogP) is 2.81. The molecule has 6 nitrogen and oxygen atoms in total. The smallest absolute Gasteiger partial charge is 0.337 e. The van der Waals surface area contributed by atoms with Crippen molar-refractivity contribution >= 4 is 17.7 Å². The lowest BCUT2D eigenvalue weighted by Gasteiger charge is -2.48. The second-order valence-electron chi connectivity index (χ2n) is 6.70. The molecular formula is C18H27N3O3. The molecule has 0 aliphatic carbocycles. The number of hydrogen-bond acceptors (Lipinski definition) is 4. The van der Waals surface area contributed by atoms with Crippen LogP contribution in [0.3, 0.4) is 0 Å². The lowest BCUT2D eigenvalue weighted by Crippen LogP contribution is -2.64. The van der Waals surface area contributed by atoms with Crippen molar-refractivity contribution in [1.29, 1.82) is 0 Å². The number of likely N-dealkylation sites (tertiary alicyclic amines) is 1. The van der Waals surface area contributed by atoms with Gasteiger partial charge in [-0.2, -0.15) is 0 Å². The van der Waals surface area contributed by atoms with Gasteiger partial charge in [0.25, 0.3) is 0 Å². The monoisotopic (exact) mass is 333 g/mol. The van der Waals surface area contributed by atoms with Crippen LogP contribution in [0.4, 0.5) is 10.5 Å². The first-order valence-corrected chi connectivity index (χ1v) is 8.35. The van der Waals surface area contributed by atoms with Gasteiger partial charge in [0.1, 0.15) is 0 Å². The largest absolute Gasteiger partial charge is 0.465 e. The Morgan fingerprint density at radius 1 is 1.21 bits per heavy atom. The van der Waals surface area contributed by atoms with E-state index in [2.05, 4.69) is 37.9 Å². The molecular weight excluding hydrogens is 306 g/mol. The van der Waals surface area contributed by atoms with E-state index in [1.807, 2.05) is 0 Å². The van der Waals surface area contributed by atoms with Gasteiger partial charge in [-0.15, -0.1) is 0 Å². The maximum atomic E-state index is 12.3. The van der Waals surface area contributed by atoms with Crippen LogP contribution in [-0.4, -0.2) is 60.1 Å². The molecule has 1 heterocycles. The highest BCUT2D eigenvalue weighted by Crippen LogP contribution is 2.21. The topological polar surface area (TPSA) is 61.9 Å². The number of carbonyl (C=O) groups is 2. The van der Waals surface area contributed by atoms with Crippen molar-refractivity contribution in [2.45, 2.75) is 45.8 Å². The predicted molar refractivity (Wildman–Crippen MR) is 94.3 cm³/mol. The molecule has 1 aliphatic rings. The minimum absolute atomic E-state index is 0.138. The van der Waals surface area contributed by atoms with E-state index >= 15 is 0 Å². The van der Waals surface area contributed by atoms with E-state index in [0.29, 0.717) is 29.4 Å². The summed E-state index contributed by atoms with van der Waals surface area (Å²) in [6, 6.07) is 7.93. The van der Waals surface area contributed by atoms with E-state index in [1.165, 1.54) is 7.11 Å². The fraction of sp³-hybridized carbons (Fsp3) is 0.556. The van der Waals surface area contributed by atoms with Crippen molar-refractivity contribution in [3.8, 4) is 0 Å². The van der Waals surface area contributed by atoms with Gasteiger partial charge >= 0.3 is 12.0 Å². The molecule has 24 heavy (non-hydrogen) atoms. The second-order valence-corrected chi connectivity index (χ2v) is 6.70. The number of nitrogens with one attached hydrogen (secondary N) is 1. The van der Waals surface area contributed by atoms with Crippen LogP contribution < -0.4 is 5.32 Å². The summed E-state index contributed by atoms with van der Waals surface area (Å²) >= 11 is 0. The quantitative estimate of drug-likeness (QED) is 0.842. The second kappa shape index (κ2) is 7.66. The van der Waals surface area contributed by atoms with Crippen LogP contribution in [0.2, 0.25) is 0 Å². The van der Waals surface area contributed by atoms with Crippen LogP contribution in [0.1, 0.15) is 38.1 Å². The minimum atomic E-state index is -0.417. The Morgan fingerprint density at radius 2 is 1.83 bits per heavy atom. The Labute approximate surface area is 143 Å². The van der Waals surface area contributed by atoms with Crippen molar-refractivity contribution in [2.24, 2.45) is 0 Å². The molecule has 1 fully saturated rings. The summed E-state index contributed by atoms with van der Waals surface area (Å²) in [5, 5.41) is 2.84. The van der Waals surface area contributed by atoms with E-state index in [0.717, 1.165) is 13.1 Å². The number of hydrogen-bond donors (Lipinski definition) is 1. The molecule has 1 aliphatic heterocycles. The molecule has 1 aromatic carbocycles. The van der Waals surface area contributed by atoms with Gasteiger partial charge in [0.15, 0.2) is 0 Å². The highest BCUT2D eigenvalue weighted by molar-refractivity contribution is 5.94. The molecule has 1 saturated heterocycles. The Balaban J connectivity index is 1.92.